The molecule has 0 aliphatic rings. The molecule has 12 nitrogen and oxygen atoms in total. The highest BCUT2D eigenvalue weighted by Crippen LogP contribution is 2.24. The molecule has 3 rings (SSSR count). The fraction of sp³-hybridized carbons (Fsp3) is 0.296. The lowest BCUT2D eigenvalue weighted by Crippen LogP contribution is -2.51. The number of nitro benzene ring substituents is 1. The number of aromatic hydroxyl groups is 1. The van der Waals surface area contributed by atoms with E-state index < -0.39 is 45.6 Å². The van der Waals surface area contributed by atoms with E-state index in [9.17, 15) is 38.6 Å². The van der Waals surface area contributed by atoms with Crippen molar-refractivity contribution in [2.75, 3.05) is 20.2 Å². The Morgan fingerprint density at radius 2 is 1.70 bits per heavy atom. The number of carbonyl (C=O) groups excluding carboxylic acids is 1. The number of methoxy groups -OCH3 is 1. The van der Waals surface area contributed by atoms with Crippen LogP contribution < -0.4 is 10.1 Å². The number of hydrogen-bond donors (Lipinski definition) is 4. The Morgan fingerprint density at radius 3 is 2.25 bits per heavy atom. The lowest BCUT2D eigenvalue weighted by Gasteiger charge is -2.30. The standard InChI is InChI=1S/C27H31N3O9S/c1-18(31)16-29(40(37,38)22-11-8-20(9-12-22)30(35)36)17-26(33)24(14-19-6-4-3-5-7-19)28-27(34)23-13-10-21(39-2)15-25(23)32/h3-13,15,18,24,26,31-33H,14,16-17H2,1-2H3,(H,28,34)/t18-,24+,26-/m1/s1. The maximum atomic E-state index is 13.4. The molecule has 0 aliphatic carbocycles. The predicted molar refractivity (Wildman–Crippen MR) is 146 cm³/mol. The van der Waals surface area contributed by atoms with E-state index in [4.69, 9.17) is 4.74 Å². The highest BCUT2D eigenvalue weighted by atomic mass is 32.2. The number of amides is 1. The Labute approximate surface area is 231 Å². The number of phenols is 1. The smallest absolute Gasteiger partial charge is 0.269 e. The van der Waals surface area contributed by atoms with Gasteiger partial charge in [0, 0.05) is 31.3 Å². The molecule has 214 valence electrons. The van der Waals surface area contributed by atoms with Crippen LogP contribution in [0.3, 0.4) is 0 Å². The first kappa shape index (κ1) is 30.5. The number of non-ortho nitro benzene ring substituents is 1. The minimum absolute atomic E-state index is 0.0783. The Kier molecular flexibility index (Phi) is 10.2. The number of aliphatic hydroxyl groups excluding tert-OH is 2. The summed E-state index contributed by atoms with van der Waals surface area (Å²) >= 11 is 0. The first-order valence-corrected chi connectivity index (χ1v) is 13.7. The lowest BCUT2D eigenvalue weighted by atomic mass is 10.00. The minimum atomic E-state index is -4.31. The summed E-state index contributed by atoms with van der Waals surface area (Å²) in [6, 6.07) is 16.2. The van der Waals surface area contributed by atoms with E-state index in [1.54, 1.807) is 30.3 Å². The molecular weight excluding hydrogens is 542 g/mol. The normalized spacial score (nSPS) is 13.8. The Balaban J connectivity index is 1.91. The van der Waals surface area contributed by atoms with Crippen LogP contribution >= 0.6 is 0 Å². The van der Waals surface area contributed by atoms with Gasteiger partial charge in [0.15, 0.2) is 0 Å². The van der Waals surface area contributed by atoms with E-state index >= 15 is 0 Å². The topological polar surface area (TPSA) is 180 Å². The van der Waals surface area contributed by atoms with Crippen molar-refractivity contribution in [2.24, 2.45) is 0 Å². The molecule has 0 aliphatic heterocycles. The molecule has 4 N–H and O–H groups in total. The number of carbonyl (C=O) groups is 1. The van der Waals surface area contributed by atoms with E-state index in [1.807, 2.05) is 0 Å². The molecule has 0 spiro atoms. The Morgan fingerprint density at radius 1 is 1.05 bits per heavy atom. The fourth-order valence-electron chi connectivity index (χ4n) is 4.02. The summed E-state index contributed by atoms with van der Waals surface area (Å²) in [5, 5.41) is 45.2. The van der Waals surface area contributed by atoms with Crippen molar-refractivity contribution >= 4 is 21.6 Å². The van der Waals surface area contributed by atoms with Gasteiger partial charge in [-0.15, -0.1) is 0 Å². The number of benzene rings is 3. The van der Waals surface area contributed by atoms with Crippen LogP contribution in [0.2, 0.25) is 0 Å². The fourth-order valence-corrected chi connectivity index (χ4v) is 5.56. The van der Waals surface area contributed by atoms with Gasteiger partial charge in [0.25, 0.3) is 11.6 Å². The van der Waals surface area contributed by atoms with Gasteiger partial charge in [-0.25, -0.2) is 8.42 Å². The van der Waals surface area contributed by atoms with Gasteiger partial charge < -0.3 is 25.4 Å². The predicted octanol–water partition coefficient (Wildman–Crippen LogP) is 2.08. The average Bonchev–Trinajstić information content (AvgIpc) is 2.92. The number of ether oxygens (including phenoxy) is 1. The molecule has 0 saturated heterocycles. The van der Waals surface area contributed by atoms with Crippen LogP contribution in [0.4, 0.5) is 5.69 Å². The summed E-state index contributed by atoms with van der Waals surface area (Å²) in [4.78, 5) is 23.1. The quantitative estimate of drug-likeness (QED) is 0.176. The number of rotatable bonds is 13. The van der Waals surface area contributed by atoms with Gasteiger partial charge in [-0.1, -0.05) is 30.3 Å². The summed E-state index contributed by atoms with van der Waals surface area (Å²) < 4.78 is 32.7. The SMILES string of the molecule is COc1ccc(C(=O)N[C@@H](Cc2ccccc2)[C@H](O)CN(C[C@@H](C)O)S(=O)(=O)c2ccc([N+](=O)[O-])cc2)c(O)c1. The summed E-state index contributed by atoms with van der Waals surface area (Å²) in [7, 11) is -2.90. The zero-order valence-corrected chi connectivity index (χ0v) is 22.7. The van der Waals surface area contributed by atoms with Crippen LogP contribution in [0.1, 0.15) is 22.8 Å². The molecule has 3 aromatic rings. The molecule has 1 amide bonds. The zero-order chi connectivity index (χ0) is 29.4. The van der Waals surface area contributed by atoms with Crippen molar-refractivity contribution in [1.82, 2.24) is 9.62 Å². The monoisotopic (exact) mass is 573 g/mol. The van der Waals surface area contributed by atoms with Gasteiger partial charge in [-0.3, -0.25) is 14.9 Å². The van der Waals surface area contributed by atoms with Gasteiger partial charge in [-0.05, 0) is 43.2 Å². The van der Waals surface area contributed by atoms with Crippen LogP contribution in [0, 0.1) is 10.1 Å². The second-order valence-corrected chi connectivity index (χ2v) is 11.1. The number of hydrogen-bond acceptors (Lipinski definition) is 9. The number of nitrogens with one attached hydrogen (secondary N) is 1. The van der Waals surface area contributed by atoms with Gasteiger partial charge >= 0.3 is 0 Å². The third kappa shape index (κ3) is 7.76. The second-order valence-electron chi connectivity index (χ2n) is 9.14. The Bertz CT molecular complexity index is 1410. The molecule has 0 radical (unpaired) electrons. The van der Waals surface area contributed by atoms with Crippen LogP contribution in [0.25, 0.3) is 0 Å². The Hall–Kier alpha value is -4.04. The highest BCUT2D eigenvalue weighted by molar-refractivity contribution is 7.89. The van der Waals surface area contributed by atoms with Gasteiger partial charge in [0.1, 0.15) is 11.5 Å². The van der Waals surface area contributed by atoms with Crippen LogP contribution in [0.5, 0.6) is 11.5 Å². The highest BCUT2D eigenvalue weighted by Gasteiger charge is 2.32. The molecule has 0 unspecified atom stereocenters. The summed E-state index contributed by atoms with van der Waals surface area (Å²) in [6.07, 6.45) is -2.46. The van der Waals surface area contributed by atoms with Gasteiger partial charge in [0.05, 0.1) is 40.7 Å². The molecule has 40 heavy (non-hydrogen) atoms. The van der Waals surface area contributed by atoms with Crippen molar-refractivity contribution in [2.45, 2.75) is 36.5 Å². The molecule has 0 saturated carbocycles. The first-order chi connectivity index (χ1) is 18.9. The molecule has 3 aromatic carbocycles. The molecule has 0 heterocycles. The summed E-state index contributed by atoms with van der Waals surface area (Å²) in [5.41, 5.74) is 0.366. The van der Waals surface area contributed by atoms with Crippen LogP contribution in [-0.2, 0) is 16.4 Å². The lowest BCUT2D eigenvalue weighted by molar-refractivity contribution is -0.384. The zero-order valence-electron chi connectivity index (χ0n) is 21.9. The summed E-state index contributed by atoms with van der Waals surface area (Å²) in [5.74, 6) is -0.721. The molecule has 13 heteroatoms. The van der Waals surface area contributed by atoms with Crippen molar-refractivity contribution in [3.05, 3.63) is 94.0 Å². The van der Waals surface area contributed by atoms with E-state index in [0.717, 1.165) is 34.1 Å². The molecular formula is C27H31N3O9S. The van der Waals surface area contributed by atoms with Crippen LogP contribution in [0.15, 0.2) is 77.7 Å². The number of nitro groups is 1. The van der Waals surface area contributed by atoms with Crippen molar-refractivity contribution in [3.63, 3.8) is 0 Å². The van der Waals surface area contributed by atoms with Gasteiger partial charge in [-0.2, -0.15) is 4.31 Å². The van der Waals surface area contributed by atoms with Crippen LogP contribution in [-0.4, -0.2) is 77.3 Å². The molecule has 0 bridgehead atoms. The van der Waals surface area contributed by atoms with E-state index in [1.165, 1.54) is 32.2 Å². The summed E-state index contributed by atoms with van der Waals surface area (Å²) in [6.45, 7) is 0.471. The molecule has 0 fully saturated rings. The second kappa shape index (κ2) is 13.3. The largest absolute Gasteiger partial charge is 0.507 e. The number of sulfonamides is 1. The third-order valence-electron chi connectivity index (χ3n) is 6.07. The molecule has 3 atom stereocenters. The number of aliphatic hydroxyl groups is 2. The maximum Gasteiger partial charge on any atom is 0.269 e. The first-order valence-electron chi connectivity index (χ1n) is 12.2. The number of phenolic OH excluding ortho intramolecular Hbond substituents is 1. The van der Waals surface area contributed by atoms with Gasteiger partial charge in [0.2, 0.25) is 10.0 Å². The van der Waals surface area contributed by atoms with Crippen molar-refractivity contribution in [3.8, 4) is 11.5 Å². The van der Waals surface area contributed by atoms with E-state index in [0.29, 0.717) is 5.75 Å². The van der Waals surface area contributed by atoms with Crippen molar-refractivity contribution < 1.29 is 38.2 Å². The van der Waals surface area contributed by atoms with E-state index in [2.05, 4.69) is 5.32 Å². The molecule has 0 aromatic heterocycles. The number of nitrogens with zero attached hydrogens (tertiary/aromatic N) is 2. The van der Waals surface area contributed by atoms with Crippen molar-refractivity contribution in [1.29, 1.82) is 0 Å². The van der Waals surface area contributed by atoms with E-state index in [-0.39, 0.29) is 34.9 Å². The maximum absolute atomic E-state index is 13.4. The third-order valence-corrected chi connectivity index (χ3v) is 7.92. The minimum Gasteiger partial charge on any atom is -0.507 e. The average molecular weight is 574 g/mol.